The normalized spacial score (nSPS) is 16.4. The number of aromatic nitrogens is 7. The molecule has 5 rings (SSSR count). The van der Waals surface area contributed by atoms with Crippen LogP contribution in [0.2, 0.25) is 0 Å². The molecule has 0 radical (unpaired) electrons. The van der Waals surface area contributed by atoms with Crippen molar-refractivity contribution in [2.24, 2.45) is 5.92 Å². The molecule has 0 aliphatic carbocycles. The lowest BCUT2D eigenvalue weighted by Crippen LogP contribution is -2.44. The molecule has 9 heteroatoms. The summed E-state index contributed by atoms with van der Waals surface area (Å²) in [6.45, 7) is 5.37. The van der Waals surface area contributed by atoms with E-state index in [1.807, 2.05) is 27.8 Å². The highest BCUT2D eigenvalue weighted by Gasteiger charge is 2.36. The maximum Gasteiger partial charge on any atom is 0.254 e. The number of pyridine rings is 1. The van der Waals surface area contributed by atoms with E-state index in [1.54, 1.807) is 24.5 Å². The van der Waals surface area contributed by atoms with Crippen molar-refractivity contribution in [2.45, 2.75) is 26.4 Å². The zero-order valence-electron chi connectivity index (χ0n) is 16.1. The summed E-state index contributed by atoms with van der Waals surface area (Å²) in [5.74, 6) is 1.59. The van der Waals surface area contributed by atoms with Gasteiger partial charge in [0.15, 0.2) is 11.6 Å². The molecule has 4 aromatic rings. The maximum absolute atomic E-state index is 13.4. The molecule has 146 valence electrons. The number of H-pyrrole nitrogens is 1. The summed E-state index contributed by atoms with van der Waals surface area (Å²) in [6.07, 6.45) is 3.48. The molecule has 3 aromatic heterocycles. The number of fused-ring (bicyclic) bond motifs is 2. The number of hydrogen-bond donors (Lipinski definition) is 1. The second-order valence-corrected chi connectivity index (χ2v) is 7.47. The van der Waals surface area contributed by atoms with Gasteiger partial charge in [-0.25, -0.2) is 9.67 Å². The standard InChI is InChI=1S/C20H20N8O/c1-12(2)17-19-22-18(14-4-3-7-21-11-14)25-28(19)9-8-27(17)20(29)13-5-6-15-16(10-13)24-26-23-15/h3-7,10-12,17H,8-9H2,1-2H3,(H,23,24,26)/t17-/m1/s1. The van der Waals surface area contributed by atoms with Crippen LogP contribution in [-0.4, -0.2) is 52.5 Å². The summed E-state index contributed by atoms with van der Waals surface area (Å²) in [7, 11) is 0. The molecule has 0 unspecified atom stereocenters. The molecule has 0 saturated heterocycles. The van der Waals surface area contributed by atoms with Crippen LogP contribution in [0.25, 0.3) is 22.4 Å². The van der Waals surface area contributed by atoms with E-state index >= 15 is 0 Å². The summed E-state index contributed by atoms with van der Waals surface area (Å²) in [5, 5.41) is 15.4. The maximum atomic E-state index is 13.4. The van der Waals surface area contributed by atoms with Crippen molar-refractivity contribution in [1.82, 2.24) is 40.1 Å². The second kappa shape index (κ2) is 6.77. The minimum absolute atomic E-state index is 0.0363. The molecule has 1 atom stereocenters. The van der Waals surface area contributed by atoms with Crippen LogP contribution in [0, 0.1) is 5.92 Å². The Labute approximate surface area is 166 Å². The Balaban J connectivity index is 1.52. The van der Waals surface area contributed by atoms with Crippen molar-refractivity contribution < 1.29 is 4.79 Å². The molecule has 0 fully saturated rings. The van der Waals surface area contributed by atoms with Gasteiger partial charge in [0, 0.05) is 30.1 Å². The predicted molar refractivity (Wildman–Crippen MR) is 106 cm³/mol. The number of amides is 1. The predicted octanol–water partition coefficient (Wildman–Crippen LogP) is 2.46. The molecule has 1 amide bonds. The molecule has 4 heterocycles. The van der Waals surface area contributed by atoms with E-state index in [2.05, 4.69) is 39.3 Å². The Hall–Kier alpha value is -3.62. The highest BCUT2D eigenvalue weighted by atomic mass is 16.2. The van der Waals surface area contributed by atoms with Gasteiger partial charge >= 0.3 is 0 Å². The van der Waals surface area contributed by atoms with Crippen LogP contribution < -0.4 is 0 Å². The van der Waals surface area contributed by atoms with Gasteiger partial charge < -0.3 is 4.90 Å². The van der Waals surface area contributed by atoms with E-state index in [0.29, 0.717) is 30.0 Å². The van der Waals surface area contributed by atoms with E-state index in [0.717, 1.165) is 16.9 Å². The van der Waals surface area contributed by atoms with Gasteiger partial charge in [-0.15, -0.1) is 0 Å². The van der Waals surface area contributed by atoms with Crippen molar-refractivity contribution in [3.63, 3.8) is 0 Å². The van der Waals surface area contributed by atoms with Crippen LogP contribution in [0.3, 0.4) is 0 Å². The lowest BCUT2D eigenvalue weighted by atomic mass is 9.98. The highest BCUT2D eigenvalue weighted by Crippen LogP contribution is 2.33. The molecule has 1 N–H and O–H groups in total. The fourth-order valence-electron chi connectivity index (χ4n) is 3.86. The fourth-order valence-corrected chi connectivity index (χ4v) is 3.86. The van der Waals surface area contributed by atoms with E-state index in [9.17, 15) is 4.79 Å². The molecule has 1 aromatic carbocycles. The zero-order chi connectivity index (χ0) is 20.0. The first-order valence-electron chi connectivity index (χ1n) is 9.58. The SMILES string of the molecule is CC(C)[C@@H]1c2nc(-c3cccnc3)nn2CCN1C(=O)c1ccc2n[nH]nc2c1. The third kappa shape index (κ3) is 2.95. The van der Waals surface area contributed by atoms with Gasteiger partial charge in [-0.1, -0.05) is 13.8 Å². The Morgan fingerprint density at radius 1 is 1.17 bits per heavy atom. The number of rotatable bonds is 3. The van der Waals surface area contributed by atoms with Crippen molar-refractivity contribution in [3.8, 4) is 11.4 Å². The van der Waals surface area contributed by atoms with Gasteiger partial charge in [-0.2, -0.15) is 20.5 Å². The molecular weight excluding hydrogens is 368 g/mol. The lowest BCUT2D eigenvalue weighted by Gasteiger charge is -2.37. The van der Waals surface area contributed by atoms with Gasteiger partial charge in [0.25, 0.3) is 5.91 Å². The quantitative estimate of drug-likeness (QED) is 0.578. The Bertz CT molecular complexity index is 1180. The zero-order valence-corrected chi connectivity index (χ0v) is 16.1. The number of carbonyl (C=O) groups excluding carboxylic acids is 1. The second-order valence-electron chi connectivity index (χ2n) is 7.47. The van der Waals surface area contributed by atoms with E-state index in [4.69, 9.17) is 4.98 Å². The number of hydrogen-bond acceptors (Lipinski definition) is 6. The molecule has 9 nitrogen and oxygen atoms in total. The number of aromatic amines is 1. The van der Waals surface area contributed by atoms with Gasteiger partial charge in [-0.3, -0.25) is 9.78 Å². The fraction of sp³-hybridized carbons (Fsp3) is 0.300. The average Bonchev–Trinajstić information content (AvgIpc) is 3.39. The van der Waals surface area contributed by atoms with E-state index < -0.39 is 0 Å². The molecule has 1 aliphatic heterocycles. The number of nitrogens with one attached hydrogen (secondary N) is 1. The number of carbonyl (C=O) groups is 1. The van der Waals surface area contributed by atoms with Crippen molar-refractivity contribution in [2.75, 3.05) is 6.54 Å². The highest BCUT2D eigenvalue weighted by molar-refractivity contribution is 5.97. The first-order chi connectivity index (χ1) is 14.1. The van der Waals surface area contributed by atoms with Gasteiger partial charge in [0.1, 0.15) is 11.0 Å². The van der Waals surface area contributed by atoms with Crippen molar-refractivity contribution in [1.29, 1.82) is 0 Å². The minimum atomic E-state index is -0.165. The largest absolute Gasteiger partial charge is 0.326 e. The Morgan fingerprint density at radius 2 is 2.03 bits per heavy atom. The molecule has 0 bridgehead atoms. The molecule has 0 spiro atoms. The molecule has 0 saturated carbocycles. The van der Waals surface area contributed by atoms with Gasteiger partial charge in [-0.05, 0) is 36.2 Å². The topological polar surface area (TPSA) is 105 Å². The third-order valence-electron chi connectivity index (χ3n) is 5.23. The van der Waals surface area contributed by atoms with Gasteiger partial charge in [0.2, 0.25) is 0 Å². The smallest absolute Gasteiger partial charge is 0.254 e. The first-order valence-corrected chi connectivity index (χ1v) is 9.58. The van der Waals surface area contributed by atoms with Crippen LogP contribution in [0.15, 0.2) is 42.7 Å². The molecule has 29 heavy (non-hydrogen) atoms. The Morgan fingerprint density at radius 3 is 2.83 bits per heavy atom. The number of nitrogens with zero attached hydrogens (tertiary/aromatic N) is 7. The van der Waals surface area contributed by atoms with Crippen LogP contribution in [0.1, 0.15) is 36.1 Å². The monoisotopic (exact) mass is 388 g/mol. The lowest BCUT2D eigenvalue weighted by molar-refractivity contribution is 0.0537. The summed E-state index contributed by atoms with van der Waals surface area (Å²) in [4.78, 5) is 24.2. The Kier molecular flexibility index (Phi) is 4.08. The molecular formula is C20H20N8O. The molecule has 1 aliphatic rings. The third-order valence-corrected chi connectivity index (χ3v) is 5.23. The van der Waals surface area contributed by atoms with E-state index in [1.165, 1.54) is 0 Å². The van der Waals surface area contributed by atoms with Crippen molar-refractivity contribution >= 4 is 16.9 Å². The summed E-state index contributed by atoms with van der Waals surface area (Å²) >= 11 is 0. The minimum Gasteiger partial charge on any atom is -0.326 e. The first kappa shape index (κ1) is 17.5. The van der Waals surface area contributed by atoms with Crippen LogP contribution in [-0.2, 0) is 6.54 Å². The van der Waals surface area contributed by atoms with Crippen LogP contribution in [0.4, 0.5) is 0 Å². The van der Waals surface area contributed by atoms with Gasteiger partial charge in [0.05, 0.1) is 12.6 Å². The average molecular weight is 388 g/mol. The summed E-state index contributed by atoms with van der Waals surface area (Å²) < 4.78 is 1.91. The van der Waals surface area contributed by atoms with Crippen LogP contribution >= 0.6 is 0 Å². The van der Waals surface area contributed by atoms with Crippen molar-refractivity contribution in [3.05, 3.63) is 54.1 Å². The number of benzene rings is 1. The van der Waals surface area contributed by atoms with E-state index in [-0.39, 0.29) is 17.9 Å². The summed E-state index contributed by atoms with van der Waals surface area (Å²) in [6, 6.07) is 9.02. The van der Waals surface area contributed by atoms with Crippen LogP contribution in [0.5, 0.6) is 0 Å². The summed E-state index contributed by atoms with van der Waals surface area (Å²) in [5.41, 5.74) is 2.88.